The summed E-state index contributed by atoms with van der Waals surface area (Å²) in [5.74, 6) is 0.679. The second-order valence-corrected chi connectivity index (χ2v) is 5.82. The maximum absolute atomic E-state index is 10.8. The van der Waals surface area contributed by atoms with E-state index in [4.69, 9.17) is 5.11 Å². The van der Waals surface area contributed by atoms with Crippen LogP contribution < -0.4 is 0 Å². The Labute approximate surface area is 113 Å². The Hall–Kier alpha value is -1.40. The van der Waals surface area contributed by atoms with Crippen molar-refractivity contribution in [2.45, 2.75) is 23.9 Å². The number of hydrogen-bond donors (Lipinski definition) is 1. The van der Waals surface area contributed by atoms with Gasteiger partial charge in [0, 0.05) is 5.75 Å². The predicted molar refractivity (Wildman–Crippen MR) is 72.3 cm³/mol. The average Bonchev–Trinajstić information content (AvgIpc) is 2.73. The molecule has 0 fully saturated rings. The van der Waals surface area contributed by atoms with Crippen LogP contribution in [0.25, 0.3) is 0 Å². The lowest BCUT2D eigenvalue weighted by molar-refractivity contribution is 0.0697. The fourth-order valence-corrected chi connectivity index (χ4v) is 3.19. The Morgan fingerprint density at radius 1 is 1.44 bits per heavy atom. The highest BCUT2D eigenvalue weighted by Crippen LogP contribution is 2.26. The molecular weight excluding hydrogens is 268 g/mol. The van der Waals surface area contributed by atoms with Crippen LogP contribution in [0.4, 0.5) is 0 Å². The third kappa shape index (κ3) is 3.08. The van der Waals surface area contributed by atoms with Crippen molar-refractivity contribution in [3.05, 3.63) is 40.7 Å². The number of hydrogen-bond acceptors (Lipinski definition) is 5. The molecule has 0 radical (unpaired) electrons. The molecule has 0 bridgehead atoms. The fraction of sp³-hybridized carbons (Fsp3) is 0.250. The molecule has 0 saturated heterocycles. The van der Waals surface area contributed by atoms with E-state index in [0.29, 0.717) is 5.56 Å². The van der Waals surface area contributed by atoms with Crippen molar-refractivity contribution >= 4 is 29.3 Å². The quantitative estimate of drug-likeness (QED) is 0.872. The molecule has 0 saturated carbocycles. The zero-order chi connectivity index (χ0) is 13.1. The molecule has 18 heavy (non-hydrogen) atoms. The van der Waals surface area contributed by atoms with E-state index >= 15 is 0 Å². The van der Waals surface area contributed by atoms with E-state index in [2.05, 4.69) is 9.36 Å². The van der Waals surface area contributed by atoms with Crippen molar-refractivity contribution < 1.29 is 9.90 Å². The first kappa shape index (κ1) is 13.0. The summed E-state index contributed by atoms with van der Waals surface area (Å²) in [6.07, 6.45) is 0. The lowest BCUT2D eigenvalue weighted by atomic mass is 10.1. The summed E-state index contributed by atoms with van der Waals surface area (Å²) in [5.41, 5.74) is 2.44. The molecule has 0 amide bonds. The van der Waals surface area contributed by atoms with Crippen LogP contribution in [0.3, 0.4) is 0 Å². The zero-order valence-corrected chi connectivity index (χ0v) is 11.6. The van der Waals surface area contributed by atoms with E-state index in [9.17, 15) is 4.79 Å². The molecule has 2 rings (SSSR count). The predicted octanol–water partition coefficient (Wildman–Crippen LogP) is 3.15. The molecule has 94 valence electrons. The van der Waals surface area contributed by atoms with Gasteiger partial charge in [0.05, 0.1) is 5.56 Å². The van der Waals surface area contributed by atoms with Crippen molar-refractivity contribution in [2.24, 2.45) is 0 Å². The van der Waals surface area contributed by atoms with Gasteiger partial charge in [0.25, 0.3) is 0 Å². The van der Waals surface area contributed by atoms with Crippen LogP contribution in [0.15, 0.2) is 22.5 Å². The number of carbonyl (C=O) groups is 1. The highest BCUT2D eigenvalue weighted by Gasteiger charge is 2.07. The largest absolute Gasteiger partial charge is 0.478 e. The first-order valence-electron chi connectivity index (χ1n) is 5.32. The summed E-state index contributed by atoms with van der Waals surface area (Å²) in [7, 11) is 0. The molecule has 0 aliphatic rings. The van der Waals surface area contributed by atoms with Gasteiger partial charge < -0.3 is 5.11 Å². The first-order valence-corrected chi connectivity index (χ1v) is 7.08. The van der Waals surface area contributed by atoms with Crippen LogP contribution in [-0.4, -0.2) is 20.4 Å². The maximum atomic E-state index is 10.8. The molecule has 1 N–H and O–H groups in total. The second-order valence-electron chi connectivity index (χ2n) is 3.84. The summed E-state index contributed by atoms with van der Waals surface area (Å²) < 4.78 is 5.06. The molecule has 2 aromatic rings. The molecule has 4 nitrogen and oxygen atoms in total. The normalized spacial score (nSPS) is 10.6. The number of carboxylic acids is 1. The smallest absolute Gasteiger partial charge is 0.335 e. The number of thioether (sulfide) groups is 1. The summed E-state index contributed by atoms with van der Waals surface area (Å²) in [6.45, 7) is 3.79. The van der Waals surface area contributed by atoms with Gasteiger partial charge in [-0.3, -0.25) is 0 Å². The van der Waals surface area contributed by atoms with E-state index in [1.54, 1.807) is 23.9 Å². The number of aromatic carboxylic acids is 1. The van der Waals surface area contributed by atoms with Crippen molar-refractivity contribution in [1.29, 1.82) is 0 Å². The fourth-order valence-electron chi connectivity index (χ4n) is 1.47. The number of aryl methyl sites for hydroxylation is 2. The second kappa shape index (κ2) is 5.49. The third-order valence-corrected chi connectivity index (χ3v) is 4.42. The van der Waals surface area contributed by atoms with Gasteiger partial charge in [-0.05, 0) is 48.6 Å². The van der Waals surface area contributed by atoms with Crippen LogP contribution >= 0.6 is 23.3 Å². The Bertz CT molecular complexity index is 581. The molecule has 0 unspecified atom stereocenters. The zero-order valence-electron chi connectivity index (χ0n) is 10.0. The van der Waals surface area contributed by atoms with Crippen LogP contribution in [-0.2, 0) is 5.75 Å². The molecule has 0 spiro atoms. The van der Waals surface area contributed by atoms with Gasteiger partial charge >= 0.3 is 5.97 Å². The topological polar surface area (TPSA) is 63.1 Å². The molecule has 0 atom stereocenters. The SMILES string of the molecule is Cc1nsc(SCc2ccc(C(=O)O)cc2C)n1. The van der Waals surface area contributed by atoms with Gasteiger partial charge in [0.2, 0.25) is 0 Å². The Kier molecular flexibility index (Phi) is 3.98. The minimum absolute atomic E-state index is 0.327. The summed E-state index contributed by atoms with van der Waals surface area (Å²) in [6, 6.07) is 5.19. The summed E-state index contributed by atoms with van der Waals surface area (Å²) >= 11 is 3.01. The lowest BCUT2D eigenvalue weighted by Crippen LogP contribution is -1.98. The van der Waals surface area contributed by atoms with E-state index in [1.165, 1.54) is 11.5 Å². The van der Waals surface area contributed by atoms with Crippen molar-refractivity contribution in [1.82, 2.24) is 9.36 Å². The Morgan fingerprint density at radius 3 is 2.78 bits per heavy atom. The van der Waals surface area contributed by atoms with Crippen molar-refractivity contribution in [3.8, 4) is 0 Å². The van der Waals surface area contributed by atoms with Gasteiger partial charge in [0.1, 0.15) is 5.82 Å². The number of rotatable bonds is 4. The summed E-state index contributed by atoms with van der Waals surface area (Å²) in [4.78, 5) is 15.1. The Balaban J connectivity index is 2.08. The van der Waals surface area contributed by atoms with Gasteiger partial charge in [-0.25, -0.2) is 9.78 Å². The van der Waals surface area contributed by atoms with Crippen molar-refractivity contribution in [2.75, 3.05) is 0 Å². The highest BCUT2D eigenvalue weighted by molar-refractivity contribution is 8.00. The van der Waals surface area contributed by atoms with E-state index in [-0.39, 0.29) is 0 Å². The third-order valence-electron chi connectivity index (χ3n) is 2.45. The average molecular weight is 280 g/mol. The maximum Gasteiger partial charge on any atom is 0.335 e. The van der Waals surface area contributed by atoms with Crippen LogP contribution in [0, 0.1) is 13.8 Å². The van der Waals surface area contributed by atoms with Crippen LogP contribution in [0.2, 0.25) is 0 Å². The minimum atomic E-state index is -0.892. The van der Waals surface area contributed by atoms with Gasteiger partial charge in [-0.2, -0.15) is 4.37 Å². The molecule has 0 aliphatic carbocycles. The van der Waals surface area contributed by atoms with Crippen molar-refractivity contribution in [3.63, 3.8) is 0 Å². The number of carboxylic acid groups (broad SMARTS) is 1. The molecule has 6 heteroatoms. The van der Waals surface area contributed by atoms with E-state index in [0.717, 1.165) is 27.0 Å². The number of benzene rings is 1. The van der Waals surface area contributed by atoms with Gasteiger partial charge in [0.15, 0.2) is 4.34 Å². The molecule has 0 aliphatic heterocycles. The monoisotopic (exact) mass is 280 g/mol. The Morgan fingerprint density at radius 2 is 2.22 bits per heavy atom. The molecular formula is C12H12N2O2S2. The minimum Gasteiger partial charge on any atom is -0.478 e. The van der Waals surface area contributed by atoms with Crippen LogP contribution in [0.1, 0.15) is 27.3 Å². The van der Waals surface area contributed by atoms with Gasteiger partial charge in [-0.15, -0.1) is 0 Å². The number of nitrogens with zero attached hydrogens (tertiary/aromatic N) is 2. The molecule has 1 aromatic heterocycles. The van der Waals surface area contributed by atoms with E-state index in [1.807, 2.05) is 19.9 Å². The summed E-state index contributed by atoms with van der Waals surface area (Å²) in [5, 5.41) is 8.89. The van der Waals surface area contributed by atoms with E-state index < -0.39 is 5.97 Å². The first-order chi connectivity index (χ1) is 8.56. The highest BCUT2D eigenvalue weighted by atomic mass is 32.2. The number of aromatic nitrogens is 2. The molecule has 1 heterocycles. The van der Waals surface area contributed by atoms with Crippen LogP contribution in [0.5, 0.6) is 0 Å². The van der Waals surface area contributed by atoms with Gasteiger partial charge in [-0.1, -0.05) is 17.8 Å². The molecule has 1 aromatic carbocycles. The standard InChI is InChI=1S/C12H12N2O2S2/c1-7-5-9(11(15)16)3-4-10(7)6-17-12-13-8(2)14-18-12/h3-5H,6H2,1-2H3,(H,15,16). The lowest BCUT2D eigenvalue weighted by Gasteiger charge is -2.05.